The summed E-state index contributed by atoms with van der Waals surface area (Å²) in [7, 11) is -0.639. The number of benzene rings is 1. The summed E-state index contributed by atoms with van der Waals surface area (Å²) in [5, 5.41) is 0. The van der Waals surface area contributed by atoms with Crippen LogP contribution in [-0.4, -0.2) is 52.6 Å². The second kappa shape index (κ2) is 6.82. The molecule has 0 aliphatic carbocycles. The second-order valence-electron chi connectivity index (χ2n) is 4.59. The molecule has 2 rings (SSSR count). The molecule has 19 heavy (non-hydrogen) atoms. The third-order valence-electron chi connectivity index (χ3n) is 3.20. The number of nitrogens with zero attached hydrogens (tertiary/aromatic N) is 1. The van der Waals surface area contributed by atoms with Crippen LogP contribution in [0.15, 0.2) is 24.3 Å². The average Bonchev–Trinajstić information content (AvgIpc) is 2.41. The van der Waals surface area contributed by atoms with Gasteiger partial charge in [0.1, 0.15) is 12.4 Å². The summed E-state index contributed by atoms with van der Waals surface area (Å²) in [5.41, 5.74) is 0.627. The van der Waals surface area contributed by atoms with E-state index in [2.05, 4.69) is 4.90 Å². The highest BCUT2D eigenvalue weighted by atomic mass is 32.2. The molecule has 0 radical (unpaired) electrons. The number of hydrogen-bond acceptors (Lipinski definition) is 4. The van der Waals surface area contributed by atoms with Gasteiger partial charge in [0.25, 0.3) is 0 Å². The van der Waals surface area contributed by atoms with Crippen LogP contribution >= 0.6 is 0 Å². The van der Waals surface area contributed by atoms with Crippen LogP contribution in [0.1, 0.15) is 17.3 Å². The van der Waals surface area contributed by atoms with Crippen molar-refractivity contribution in [3.63, 3.8) is 0 Å². The first-order chi connectivity index (χ1) is 9.16. The smallest absolute Gasteiger partial charge is 0.163 e. The van der Waals surface area contributed by atoms with Crippen molar-refractivity contribution in [3.8, 4) is 5.75 Å². The number of carbonyl (C=O) groups excluding carboxylic acids is 1. The van der Waals surface area contributed by atoms with Crippen LogP contribution in [0.25, 0.3) is 0 Å². The maximum absolute atomic E-state index is 11.4. The molecule has 1 fully saturated rings. The summed E-state index contributed by atoms with van der Waals surface area (Å²) in [6.45, 7) is 4.64. The first-order valence-corrected chi connectivity index (χ1v) is 7.96. The standard InChI is InChI=1S/C14H19NO3S/c1-12(16)13-4-2-3-5-14(13)18-9-6-15-7-10-19(17)11-8-15/h2-5H,6-11H2,1H3. The molecule has 1 heterocycles. The van der Waals surface area contributed by atoms with Gasteiger partial charge in [-0.05, 0) is 19.1 Å². The molecular weight excluding hydrogens is 262 g/mol. The molecule has 0 amide bonds. The van der Waals surface area contributed by atoms with Gasteiger partial charge in [-0.2, -0.15) is 0 Å². The van der Waals surface area contributed by atoms with E-state index in [1.165, 1.54) is 0 Å². The first-order valence-electron chi connectivity index (χ1n) is 6.47. The molecule has 4 nitrogen and oxygen atoms in total. The highest BCUT2D eigenvalue weighted by molar-refractivity contribution is 7.85. The third kappa shape index (κ3) is 4.14. The van der Waals surface area contributed by atoms with Gasteiger partial charge in [0.2, 0.25) is 0 Å². The minimum Gasteiger partial charge on any atom is -0.491 e. The predicted octanol–water partition coefficient (Wildman–Crippen LogP) is 1.33. The number of hydrogen-bond donors (Lipinski definition) is 0. The average molecular weight is 281 g/mol. The fraction of sp³-hybridized carbons (Fsp3) is 0.500. The number of rotatable bonds is 5. The predicted molar refractivity (Wildman–Crippen MR) is 76.3 cm³/mol. The molecule has 0 aromatic heterocycles. The largest absolute Gasteiger partial charge is 0.491 e. The first kappa shape index (κ1) is 14.2. The second-order valence-corrected chi connectivity index (χ2v) is 6.29. The molecule has 1 saturated heterocycles. The van der Waals surface area contributed by atoms with Crippen LogP contribution in [0, 0.1) is 0 Å². The van der Waals surface area contributed by atoms with E-state index in [0.717, 1.165) is 31.1 Å². The van der Waals surface area contributed by atoms with Crippen molar-refractivity contribution in [1.29, 1.82) is 0 Å². The van der Waals surface area contributed by atoms with Gasteiger partial charge in [-0.3, -0.25) is 13.9 Å². The lowest BCUT2D eigenvalue weighted by atomic mass is 10.1. The van der Waals surface area contributed by atoms with Crippen molar-refractivity contribution < 1.29 is 13.7 Å². The van der Waals surface area contributed by atoms with Crippen LogP contribution in [0.4, 0.5) is 0 Å². The number of carbonyl (C=O) groups is 1. The molecule has 1 aromatic carbocycles. The maximum Gasteiger partial charge on any atom is 0.163 e. The summed E-state index contributed by atoms with van der Waals surface area (Å²) >= 11 is 0. The van der Waals surface area contributed by atoms with Gasteiger partial charge in [0, 0.05) is 41.9 Å². The molecule has 5 heteroatoms. The van der Waals surface area contributed by atoms with E-state index in [0.29, 0.717) is 17.9 Å². The van der Waals surface area contributed by atoms with Crippen molar-refractivity contribution in [3.05, 3.63) is 29.8 Å². The molecule has 0 bridgehead atoms. The summed E-state index contributed by atoms with van der Waals surface area (Å²) < 4.78 is 16.9. The zero-order valence-electron chi connectivity index (χ0n) is 11.1. The van der Waals surface area contributed by atoms with Gasteiger partial charge in [-0.15, -0.1) is 0 Å². The summed E-state index contributed by atoms with van der Waals surface area (Å²) in [6, 6.07) is 7.30. The van der Waals surface area contributed by atoms with Crippen molar-refractivity contribution in [2.75, 3.05) is 37.7 Å². The Bertz CT molecular complexity index is 466. The van der Waals surface area contributed by atoms with Gasteiger partial charge in [0.05, 0.1) is 5.56 Å². The Morgan fingerprint density at radius 3 is 2.68 bits per heavy atom. The highest BCUT2D eigenvalue weighted by Crippen LogP contribution is 2.18. The molecule has 0 spiro atoms. The van der Waals surface area contributed by atoms with E-state index >= 15 is 0 Å². The number of ether oxygens (including phenoxy) is 1. The fourth-order valence-electron chi connectivity index (χ4n) is 2.07. The lowest BCUT2D eigenvalue weighted by molar-refractivity contribution is 0.101. The van der Waals surface area contributed by atoms with Gasteiger partial charge < -0.3 is 4.74 Å². The normalized spacial score (nSPS) is 17.3. The fourth-order valence-corrected chi connectivity index (χ4v) is 3.20. The van der Waals surface area contributed by atoms with Crippen LogP contribution < -0.4 is 4.74 Å². The van der Waals surface area contributed by atoms with Gasteiger partial charge in [-0.1, -0.05) is 12.1 Å². The SMILES string of the molecule is CC(=O)c1ccccc1OCCN1CCS(=O)CC1. The van der Waals surface area contributed by atoms with Crippen LogP contribution in [0.5, 0.6) is 5.75 Å². The molecule has 0 unspecified atom stereocenters. The number of Topliss-reactive ketones (excluding diaryl/α,β-unsaturated/α-hetero) is 1. The Balaban J connectivity index is 1.83. The van der Waals surface area contributed by atoms with Gasteiger partial charge in [0.15, 0.2) is 5.78 Å². The zero-order valence-corrected chi connectivity index (χ0v) is 11.9. The molecule has 1 aromatic rings. The van der Waals surface area contributed by atoms with E-state index in [9.17, 15) is 9.00 Å². The lowest BCUT2D eigenvalue weighted by Gasteiger charge is -2.25. The highest BCUT2D eigenvalue weighted by Gasteiger charge is 2.15. The van der Waals surface area contributed by atoms with Crippen molar-refractivity contribution >= 4 is 16.6 Å². The van der Waals surface area contributed by atoms with Crippen LogP contribution in [-0.2, 0) is 10.8 Å². The Kier molecular flexibility index (Phi) is 5.10. The lowest BCUT2D eigenvalue weighted by Crippen LogP contribution is -2.39. The topological polar surface area (TPSA) is 46.6 Å². The minimum absolute atomic E-state index is 0.0176. The quantitative estimate of drug-likeness (QED) is 0.764. The van der Waals surface area contributed by atoms with Crippen molar-refractivity contribution in [2.24, 2.45) is 0 Å². The maximum atomic E-state index is 11.4. The van der Waals surface area contributed by atoms with Crippen molar-refractivity contribution in [1.82, 2.24) is 4.90 Å². The molecule has 1 aliphatic heterocycles. The van der Waals surface area contributed by atoms with Gasteiger partial charge in [-0.25, -0.2) is 0 Å². The molecule has 0 N–H and O–H groups in total. The number of para-hydroxylation sites is 1. The number of ketones is 1. The van der Waals surface area contributed by atoms with E-state index in [1.807, 2.05) is 18.2 Å². The molecule has 0 saturated carbocycles. The van der Waals surface area contributed by atoms with Crippen LogP contribution in [0.3, 0.4) is 0 Å². The van der Waals surface area contributed by atoms with Crippen molar-refractivity contribution in [2.45, 2.75) is 6.92 Å². The van der Waals surface area contributed by atoms with E-state index in [-0.39, 0.29) is 5.78 Å². The van der Waals surface area contributed by atoms with Crippen LogP contribution in [0.2, 0.25) is 0 Å². The third-order valence-corrected chi connectivity index (χ3v) is 4.48. The van der Waals surface area contributed by atoms with E-state index in [4.69, 9.17) is 4.74 Å². The molecule has 1 aliphatic rings. The van der Waals surface area contributed by atoms with E-state index < -0.39 is 10.8 Å². The summed E-state index contributed by atoms with van der Waals surface area (Å²) in [6.07, 6.45) is 0. The summed E-state index contributed by atoms with van der Waals surface area (Å²) in [5.74, 6) is 2.17. The monoisotopic (exact) mass is 281 g/mol. The summed E-state index contributed by atoms with van der Waals surface area (Å²) in [4.78, 5) is 13.7. The minimum atomic E-state index is -0.639. The molecular formula is C14H19NO3S. The Hall–Kier alpha value is -1.20. The molecule has 104 valence electrons. The Morgan fingerprint density at radius 1 is 1.32 bits per heavy atom. The van der Waals surface area contributed by atoms with Gasteiger partial charge >= 0.3 is 0 Å². The zero-order chi connectivity index (χ0) is 13.7. The Morgan fingerprint density at radius 2 is 2.00 bits per heavy atom. The molecule has 0 atom stereocenters. The Labute approximate surface area is 116 Å². The van der Waals surface area contributed by atoms with E-state index in [1.54, 1.807) is 13.0 Å².